The summed E-state index contributed by atoms with van der Waals surface area (Å²) in [5, 5.41) is 26.0. The number of amides is 1. The lowest BCUT2D eigenvalue weighted by Gasteiger charge is -2.21. The Morgan fingerprint density at radius 2 is 2.00 bits per heavy atom. The van der Waals surface area contributed by atoms with Gasteiger partial charge in [-0.15, -0.1) is 15.3 Å². The minimum absolute atomic E-state index is 0.124. The van der Waals surface area contributed by atoms with Crippen LogP contribution in [0.3, 0.4) is 0 Å². The van der Waals surface area contributed by atoms with Gasteiger partial charge in [0, 0.05) is 42.9 Å². The maximum atomic E-state index is 12.6. The van der Waals surface area contributed by atoms with Gasteiger partial charge in [0.15, 0.2) is 23.4 Å². The van der Waals surface area contributed by atoms with E-state index in [0.29, 0.717) is 52.4 Å². The molecule has 218 valence electrons. The van der Waals surface area contributed by atoms with E-state index < -0.39 is 0 Å². The first-order valence-electron chi connectivity index (χ1n) is 13.8. The molecule has 5 aromatic heterocycles. The van der Waals surface area contributed by atoms with Crippen LogP contribution >= 0.6 is 0 Å². The molecule has 0 bridgehead atoms. The van der Waals surface area contributed by atoms with E-state index in [1.165, 1.54) is 6.20 Å². The number of hydrogen-bond acceptors (Lipinski definition) is 11. The van der Waals surface area contributed by atoms with Crippen molar-refractivity contribution in [3.8, 4) is 17.4 Å². The summed E-state index contributed by atoms with van der Waals surface area (Å²) >= 11 is 0. The quantitative estimate of drug-likeness (QED) is 0.264. The molecule has 6 heterocycles. The molecule has 1 aliphatic heterocycles. The number of anilines is 1. The minimum Gasteiger partial charge on any atom is -0.470 e. The molecule has 1 saturated heterocycles. The van der Waals surface area contributed by atoms with E-state index >= 15 is 0 Å². The Morgan fingerprint density at radius 3 is 2.79 bits per heavy atom. The molecule has 43 heavy (non-hydrogen) atoms. The summed E-state index contributed by atoms with van der Waals surface area (Å²) in [5.41, 5.74) is 2.65. The predicted octanol–water partition coefficient (Wildman–Crippen LogP) is 3.94. The van der Waals surface area contributed by atoms with Gasteiger partial charge in [0.25, 0.3) is 5.91 Å². The molecule has 1 unspecified atom stereocenters. The largest absolute Gasteiger partial charge is 0.470 e. The van der Waals surface area contributed by atoms with Gasteiger partial charge in [-0.2, -0.15) is 9.61 Å². The lowest BCUT2D eigenvalue weighted by atomic mass is 10.2. The Bertz CT molecular complexity index is 1890. The number of nitrogens with one attached hydrogen (secondary N) is 1. The molecular weight excluding hydrogens is 554 g/mol. The van der Waals surface area contributed by atoms with Crippen LogP contribution in [0.4, 0.5) is 5.69 Å². The lowest BCUT2D eigenvalue weighted by molar-refractivity contribution is -0.171. The molecular formula is C29H27N9O5. The molecule has 1 N–H and O–H groups in total. The number of carbonyl (C=O) groups excluding carboxylic acids is 1. The van der Waals surface area contributed by atoms with Gasteiger partial charge in [-0.3, -0.25) is 14.5 Å². The molecule has 1 amide bonds. The van der Waals surface area contributed by atoms with Crippen molar-refractivity contribution in [3.63, 3.8) is 0 Å². The molecule has 14 nitrogen and oxygen atoms in total. The summed E-state index contributed by atoms with van der Waals surface area (Å²) in [5.74, 6) is 1.03. The number of hydrogen-bond donors (Lipinski definition) is 1. The lowest BCUT2D eigenvalue weighted by Crippen LogP contribution is -2.21. The number of carbonyl (C=O) groups is 1. The van der Waals surface area contributed by atoms with Crippen molar-refractivity contribution in [3.05, 3.63) is 78.1 Å². The second-order valence-electron chi connectivity index (χ2n) is 10.1. The molecule has 1 atom stereocenters. The van der Waals surface area contributed by atoms with Crippen molar-refractivity contribution in [2.75, 3.05) is 11.9 Å². The average Bonchev–Trinajstić information content (AvgIpc) is 3.79. The number of benzene rings is 1. The summed E-state index contributed by atoms with van der Waals surface area (Å²) < 4.78 is 26.3. The van der Waals surface area contributed by atoms with E-state index in [2.05, 4.69) is 30.8 Å². The highest BCUT2D eigenvalue weighted by molar-refractivity contribution is 6.03. The smallest absolute Gasteiger partial charge is 0.257 e. The molecule has 0 saturated carbocycles. The van der Waals surface area contributed by atoms with Crippen molar-refractivity contribution in [2.24, 2.45) is 7.05 Å². The van der Waals surface area contributed by atoms with Gasteiger partial charge in [0.1, 0.15) is 13.2 Å². The van der Waals surface area contributed by atoms with E-state index in [9.17, 15) is 4.79 Å². The number of aromatic nitrogens is 8. The number of rotatable bonds is 9. The van der Waals surface area contributed by atoms with Crippen molar-refractivity contribution in [1.82, 2.24) is 39.7 Å². The van der Waals surface area contributed by atoms with E-state index in [1.54, 1.807) is 46.8 Å². The second-order valence-corrected chi connectivity index (χ2v) is 10.1. The van der Waals surface area contributed by atoms with Gasteiger partial charge in [-0.25, -0.2) is 0 Å². The Labute approximate surface area is 244 Å². The van der Waals surface area contributed by atoms with Gasteiger partial charge < -0.3 is 24.1 Å². The van der Waals surface area contributed by atoms with Crippen molar-refractivity contribution in [2.45, 2.75) is 38.8 Å². The standard InChI is InChI=1S/C29H27N9O5/c1-37-15-20(14-31-37)32-28(39)18-9-10-19(30-13-18)16-42-29-23-7-3-2-6-22(23)26-33-34-27(38(26)35-29)24-12-21(43-36-24)17-41-25-8-4-5-11-40-25/h2-3,6-7,9-10,12-15,25H,4-5,8,11,16-17H2,1H3,(H,32,39). The van der Waals surface area contributed by atoms with Gasteiger partial charge in [-0.1, -0.05) is 23.4 Å². The zero-order valence-electron chi connectivity index (χ0n) is 23.2. The summed E-state index contributed by atoms with van der Waals surface area (Å²) in [6.45, 7) is 1.06. The Balaban J connectivity index is 1.09. The number of nitrogens with zero attached hydrogens (tertiary/aromatic N) is 8. The molecule has 1 fully saturated rings. The number of ether oxygens (including phenoxy) is 3. The first-order chi connectivity index (χ1) is 21.1. The number of aryl methyl sites for hydroxylation is 1. The Morgan fingerprint density at radius 1 is 1.09 bits per heavy atom. The molecule has 1 aromatic carbocycles. The number of pyridine rings is 1. The third-order valence-electron chi connectivity index (χ3n) is 6.97. The van der Waals surface area contributed by atoms with Crippen LogP contribution in [-0.4, -0.2) is 58.5 Å². The summed E-state index contributed by atoms with van der Waals surface area (Å²) in [6.07, 6.45) is 7.54. The fourth-order valence-corrected chi connectivity index (χ4v) is 4.80. The van der Waals surface area contributed by atoms with Crippen LogP contribution in [-0.2, 0) is 29.7 Å². The molecule has 0 aliphatic carbocycles. The van der Waals surface area contributed by atoms with Crippen molar-refractivity contribution in [1.29, 1.82) is 0 Å². The number of fused-ring (bicyclic) bond motifs is 3. The highest BCUT2D eigenvalue weighted by Gasteiger charge is 2.20. The average molecular weight is 582 g/mol. The zero-order chi connectivity index (χ0) is 29.2. The summed E-state index contributed by atoms with van der Waals surface area (Å²) in [6, 6.07) is 12.8. The van der Waals surface area contributed by atoms with E-state index in [1.807, 2.05) is 24.3 Å². The van der Waals surface area contributed by atoms with E-state index in [0.717, 1.165) is 30.0 Å². The Kier molecular flexibility index (Phi) is 7.18. The molecule has 14 heteroatoms. The molecule has 0 radical (unpaired) electrons. The van der Waals surface area contributed by atoms with Crippen LogP contribution in [0.2, 0.25) is 0 Å². The maximum Gasteiger partial charge on any atom is 0.257 e. The molecule has 1 aliphatic rings. The SMILES string of the molecule is Cn1cc(NC(=O)c2ccc(COc3nn4c(-c5cc(COC6CCCCO6)on5)nnc4c4ccccc34)nc2)cn1. The van der Waals surface area contributed by atoms with Gasteiger partial charge in [-0.05, 0) is 37.5 Å². The third-order valence-corrected chi connectivity index (χ3v) is 6.97. The summed E-state index contributed by atoms with van der Waals surface area (Å²) in [7, 11) is 1.78. The van der Waals surface area contributed by atoms with Crippen molar-refractivity contribution >= 4 is 28.0 Å². The Hall–Kier alpha value is -5.21. The first kappa shape index (κ1) is 26.7. The van der Waals surface area contributed by atoms with Crippen LogP contribution in [0, 0.1) is 0 Å². The maximum absolute atomic E-state index is 12.6. The fraction of sp³-hybridized carbons (Fsp3) is 0.276. The zero-order valence-corrected chi connectivity index (χ0v) is 23.2. The normalized spacial score (nSPS) is 15.2. The molecule has 0 spiro atoms. The van der Waals surface area contributed by atoms with Gasteiger partial charge in [0.2, 0.25) is 11.7 Å². The second kappa shape index (κ2) is 11.6. The topological polar surface area (TPSA) is 157 Å². The fourth-order valence-electron chi connectivity index (χ4n) is 4.80. The van der Waals surface area contributed by atoms with Gasteiger partial charge >= 0.3 is 0 Å². The molecule has 7 rings (SSSR count). The highest BCUT2D eigenvalue weighted by atomic mass is 16.7. The van der Waals surface area contributed by atoms with Gasteiger partial charge in [0.05, 0.1) is 23.1 Å². The third kappa shape index (κ3) is 5.65. The van der Waals surface area contributed by atoms with Crippen LogP contribution < -0.4 is 10.1 Å². The predicted molar refractivity (Wildman–Crippen MR) is 152 cm³/mol. The molecule has 6 aromatic rings. The highest BCUT2D eigenvalue weighted by Crippen LogP contribution is 2.29. The van der Waals surface area contributed by atoms with Crippen LogP contribution in [0.15, 0.2) is 65.6 Å². The van der Waals surface area contributed by atoms with Crippen molar-refractivity contribution < 1.29 is 23.5 Å². The van der Waals surface area contributed by atoms with E-state index in [-0.39, 0.29) is 25.4 Å². The van der Waals surface area contributed by atoms with Crippen LogP contribution in [0.1, 0.15) is 41.1 Å². The van der Waals surface area contributed by atoms with E-state index in [4.69, 9.17) is 23.8 Å². The summed E-state index contributed by atoms with van der Waals surface area (Å²) in [4.78, 5) is 17.0. The monoisotopic (exact) mass is 581 g/mol. The minimum atomic E-state index is -0.281. The van der Waals surface area contributed by atoms with Crippen LogP contribution in [0.5, 0.6) is 5.88 Å². The van der Waals surface area contributed by atoms with Crippen LogP contribution in [0.25, 0.3) is 27.9 Å². The first-order valence-corrected chi connectivity index (χ1v) is 13.8.